The van der Waals surface area contributed by atoms with Gasteiger partial charge in [0.05, 0.1) is 42.0 Å². The largest absolute Gasteiger partial charge is 0.493 e. The zero-order chi connectivity index (χ0) is 37.8. The van der Waals surface area contributed by atoms with Crippen LogP contribution in [0, 0.1) is 27.4 Å². The molecule has 0 N–H and O–H groups in total. The number of benzene rings is 3. The Labute approximate surface area is 309 Å². The topological polar surface area (TPSA) is 155 Å². The van der Waals surface area contributed by atoms with Crippen LogP contribution in [0.2, 0.25) is 0 Å². The number of methoxy groups -OCH3 is 2. The number of nitro groups is 1. The number of anilines is 2. The van der Waals surface area contributed by atoms with Gasteiger partial charge in [0.15, 0.2) is 17.6 Å². The first-order valence-corrected chi connectivity index (χ1v) is 17.9. The van der Waals surface area contributed by atoms with Crippen molar-refractivity contribution in [3.8, 4) is 11.5 Å². The first-order chi connectivity index (χ1) is 25.3. The van der Waals surface area contributed by atoms with Crippen molar-refractivity contribution < 1.29 is 43.1 Å². The summed E-state index contributed by atoms with van der Waals surface area (Å²) in [6, 6.07) is 17.8. The van der Waals surface area contributed by atoms with E-state index in [0.717, 1.165) is 21.8 Å². The number of imide groups is 1. The lowest BCUT2D eigenvalue weighted by Crippen LogP contribution is -2.37. The van der Waals surface area contributed by atoms with Crippen LogP contribution in [0.5, 0.6) is 11.5 Å². The lowest BCUT2D eigenvalue weighted by atomic mass is 9.72. The highest BCUT2D eigenvalue weighted by atomic mass is 32.1. The number of non-ortho nitro benzene ring substituents is 1. The molecule has 0 radical (unpaired) electrons. The molecule has 274 valence electrons. The zero-order valence-electron chi connectivity index (χ0n) is 29.7. The van der Waals surface area contributed by atoms with E-state index in [-0.39, 0.29) is 38.9 Å². The van der Waals surface area contributed by atoms with Crippen LogP contribution in [0.4, 0.5) is 16.4 Å². The van der Waals surface area contributed by atoms with Gasteiger partial charge in [-0.1, -0.05) is 51.1 Å². The highest BCUT2D eigenvalue weighted by Crippen LogP contribution is 2.52. The van der Waals surface area contributed by atoms with Crippen molar-refractivity contribution in [2.45, 2.75) is 52.2 Å². The van der Waals surface area contributed by atoms with E-state index >= 15 is 0 Å². The molecule has 0 spiro atoms. The summed E-state index contributed by atoms with van der Waals surface area (Å²) in [5.74, 6) is -3.06. The Morgan fingerprint density at radius 3 is 2.38 bits per heavy atom. The number of ether oxygens (including phenoxy) is 3. The number of amides is 2. The van der Waals surface area contributed by atoms with E-state index in [1.165, 1.54) is 54.9 Å². The Bertz CT molecular complexity index is 2140. The standard InChI is InChI=1S/C39H37N3O10S/c1-39(2,3)23-15-16-26-29(19-23)53-36(30(26)38(46)50-5)40-34(43)31-32(41(52-33(31)35(40)44)24-12-9-13-25(20-24)42(47)48)22-14-17-27(28(18-22)49-4)51-37(45)21-10-7-6-8-11-21/h6-14,17-18,20,23,31-33H,15-16,19H2,1-5H3/t23-,31-,32+,33+/m1/s1. The number of carbonyl (C=O) groups excluding carboxylic acids is 4. The van der Waals surface area contributed by atoms with Gasteiger partial charge in [-0.15, -0.1) is 11.3 Å². The Hall–Kier alpha value is -5.60. The van der Waals surface area contributed by atoms with Crippen molar-refractivity contribution in [2.75, 3.05) is 24.2 Å². The maximum absolute atomic E-state index is 14.7. The molecule has 13 nitrogen and oxygen atoms in total. The number of thiophene rings is 1. The van der Waals surface area contributed by atoms with E-state index < -0.39 is 46.7 Å². The quantitative estimate of drug-likeness (QED) is 0.0611. The molecule has 7 rings (SSSR count). The zero-order valence-corrected chi connectivity index (χ0v) is 30.5. The molecule has 2 amide bonds. The van der Waals surface area contributed by atoms with Crippen molar-refractivity contribution in [3.05, 3.63) is 110 Å². The average molecular weight is 740 g/mol. The minimum Gasteiger partial charge on any atom is -0.493 e. The molecule has 2 saturated heterocycles. The first kappa shape index (κ1) is 35.8. The first-order valence-electron chi connectivity index (χ1n) is 17.1. The number of fused-ring (bicyclic) bond motifs is 2. The minimum atomic E-state index is -1.33. The molecule has 2 aliphatic heterocycles. The monoisotopic (exact) mass is 739 g/mol. The highest BCUT2D eigenvalue weighted by molar-refractivity contribution is 7.17. The molecule has 1 aromatic heterocycles. The molecule has 3 aliphatic rings. The van der Waals surface area contributed by atoms with Crippen LogP contribution >= 0.6 is 11.3 Å². The number of carbonyl (C=O) groups is 4. The number of nitro benzene ring substituents is 1. The molecule has 3 aromatic carbocycles. The van der Waals surface area contributed by atoms with E-state index in [1.807, 2.05) is 0 Å². The van der Waals surface area contributed by atoms with Crippen molar-refractivity contribution >= 4 is 51.5 Å². The molecule has 4 atom stereocenters. The predicted molar refractivity (Wildman–Crippen MR) is 194 cm³/mol. The van der Waals surface area contributed by atoms with Crippen LogP contribution in [-0.2, 0) is 32.0 Å². The van der Waals surface area contributed by atoms with Crippen LogP contribution in [0.3, 0.4) is 0 Å². The van der Waals surface area contributed by atoms with Gasteiger partial charge in [0.2, 0.25) is 5.91 Å². The Morgan fingerprint density at radius 2 is 1.70 bits per heavy atom. The van der Waals surface area contributed by atoms with Crippen molar-refractivity contribution in [3.63, 3.8) is 0 Å². The van der Waals surface area contributed by atoms with Gasteiger partial charge in [0.25, 0.3) is 11.6 Å². The molecule has 53 heavy (non-hydrogen) atoms. The fourth-order valence-electron chi connectivity index (χ4n) is 7.39. The maximum atomic E-state index is 14.7. The average Bonchev–Trinajstić information content (AvgIpc) is 3.80. The Balaban J connectivity index is 1.30. The molecular weight excluding hydrogens is 703 g/mol. The maximum Gasteiger partial charge on any atom is 0.343 e. The summed E-state index contributed by atoms with van der Waals surface area (Å²) < 4.78 is 16.5. The third kappa shape index (κ3) is 6.31. The molecule has 0 saturated carbocycles. The van der Waals surface area contributed by atoms with Gasteiger partial charge >= 0.3 is 11.9 Å². The minimum absolute atomic E-state index is 0.0110. The second-order valence-electron chi connectivity index (χ2n) is 14.3. The van der Waals surface area contributed by atoms with Crippen LogP contribution in [-0.4, -0.2) is 49.0 Å². The molecular formula is C39H37N3O10S. The smallest absolute Gasteiger partial charge is 0.343 e. The van der Waals surface area contributed by atoms with Crippen LogP contribution in [0.25, 0.3) is 0 Å². The molecule has 3 heterocycles. The predicted octanol–water partition coefficient (Wildman–Crippen LogP) is 6.87. The SMILES string of the molecule is COC(=O)c1c(N2C(=O)[C@H]3[C@H](ON(c4cccc([N+](=O)[O-])c4)[C@H]3c3ccc(OC(=O)c4ccccc4)c(OC)c3)C2=O)sc2c1CC[C@@H](C(C)(C)C)C2. The summed E-state index contributed by atoms with van der Waals surface area (Å²) in [6.07, 6.45) is 0.797. The number of rotatable bonds is 8. The van der Waals surface area contributed by atoms with Gasteiger partial charge in [0, 0.05) is 17.0 Å². The summed E-state index contributed by atoms with van der Waals surface area (Å²) >= 11 is 1.25. The van der Waals surface area contributed by atoms with Gasteiger partial charge in [0.1, 0.15) is 10.9 Å². The second-order valence-corrected chi connectivity index (χ2v) is 15.3. The van der Waals surface area contributed by atoms with E-state index in [0.29, 0.717) is 29.9 Å². The molecule has 0 unspecified atom stereocenters. The van der Waals surface area contributed by atoms with Crippen molar-refractivity contribution in [1.29, 1.82) is 0 Å². The number of hydrogen-bond acceptors (Lipinski definition) is 12. The normalized spacial score (nSPS) is 20.9. The fraction of sp³-hybridized carbons (Fsp3) is 0.333. The van der Waals surface area contributed by atoms with E-state index in [1.54, 1.807) is 48.5 Å². The third-order valence-electron chi connectivity index (χ3n) is 10.2. The van der Waals surface area contributed by atoms with Crippen LogP contribution in [0.15, 0.2) is 72.8 Å². The molecule has 4 aromatic rings. The summed E-state index contributed by atoms with van der Waals surface area (Å²) in [6.45, 7) is 6.52. The summed E-state index contributed by atoms with van der Waals surface area (Å²) in [7, 11) is 2.66. The number of esters is 2. The van der Waals surface area contributed by atoms with Gasteiger partial charge in [-0.25, -0.2) is 19.6 Å². The molecule has 1 aliphatic carbocycles. The van der Waals surface area contributed by atoms with Gasteiger partial charge in [-0.2, -0.15) is 0 Å². The molecule has 2 fully saturated rings. The Kier molecular flexibility index (Phi) is 9.28. The molecule has 0 bridgehead atoms. The number of hydroxylamine groups is 1. The van der Waals surface area contributed by atoms with Gasteiger partial charge in [-0.3, -0.25) is 24.5 Å². The van der Waals surface area contributed by atoms with Crippen molar-refractivity contribution in [2.24, 2.45) is 17.3 Å². The van der Waals surface area contributed by atoms with Gasteiger partial charge in [-0.05, 0) is 72.1 Å². The highest BCUT2D eigenvalue weighted by Gasteiger charge is 2.61. The van der Waals surface area contributed by atoms with E-state index in [9.17, 15) is 29.3 Å². The van der Waals surface area contributed by atoms with Crippen LogP contribution in [0.1, 0.15) is 70.0 Å². The summed E-state index contributed by atoms with van der Waals surface area (Å²) in [5, 5.41) is 13.3. The third-order valence-corrected chi connectivity index (χ3v) is 11.5. The Morgan fingerprint density at radius 1 is 0.943 bits per heavy atom. The van der Waals surface area contributed by atoms with Crippen molar-refractivity contribution in [1.82, 2.24) is 0 Å². The van der Waals surface area contributed by atoms with Gasteiger partial charge < -0.3 is 14.2 Å². The van der Waals surface area contributed by atoms with E-state index in [2.05, 4.69) is 20.8 Å². The second kappa shape index (κ2) is 13.7. The summed E-state index contributed by atoms with van der Waals surface area (Å²) in [4.78, 5) is 74.8. The lowest BCUT2D eigenvalue weighted by Gasteiger charge is -2.33. The molecule has 14 heteroatoms. The summed E-state index contributed by atoms with van der Waals surface area (Å²) in [5.41, 5.74) is 1.79. The van der Waals surface area contributed by atoms with Crippen LogP contribution < -0.4 is 19.4 Å². The van der Waals surface area contributed by atoms with E-state index in [4.69, 9.17) is 19.0 Å². The lowest BCUT2D eigenvalue weighted by molar-refractivity contribution is -0.384. The fourth-order valence-corrected chi connectivity index (χ4v) is 8.81. The number of nitrogens with zero attached hydrogens (tertiary/aromatic N) is 3. The number of hydrogen-bond donors (Lipinski definition) is 0.